The second kappa shape index (κ2) is 6.86. The van der Waals surface area contributed by atoms with E-state index in [9.17, 15) is 0 Å². The number of aryl methyl sites for hydroxylation is 2. The fourth-order valence-corrected chi connectivity index (χ4v) is 3.74. The van der Waals surface area contributed by atoms with Crippen molar-refractivity contribution in [3.8, 4) is 0 Å². The maximum absolute atomic E-state index is 4.78. The van der Waals surface area contributed by atoms with Crippen LogP contribution in [0.4, 0.5) is 0 Å². The first kappa shape index (κ1) is 16.2. The fraction of sp³-hybridized carbons (Fsp3) is 0.350. The minimum atomic E-state index is 0. The molecule has 1 saturated heterocycles. The van der Waals surface area contributed by atoms with Crippen molar-refractivity contribution in [1.29, 1.82) is 0 Å². The van der Waals surface area contributed by atoms with Gasteiger partial charge in [0.2, 0.25) is 0 Å². The van der Waals surface area contributed by atoms with Gasteiger partial charge in [0.25, 0.3) is 0 Å². The van der Waals surface area contributed by atoms with E-state index in [0.717, 1.165) is 38.8 Å². The number of halogens is 1. The summed E-state index contributed by atoms with van der Waals surface area (Å²) in [6.45, 7) is 2.31. The van der Waals surface area contributed by atoms with Gasteiger partial charge in [0.15, 0.2) is 0 Å². The topological polar surface area (TPSA) is 16.1 Å². The smallest absolute Gasteiger partial charge is 0.0739 e. The molecule has 1 aromatic carbocycles. The number of hydrogen-bond donors (Lipinski definition) is 0. The van der Waals surface area contributed by atoms with E-state index in [2.05, 4.69) is 48.3 Å². The van der Waals surface area contributed by atoms with Crippen molar-refractivity contribution in [2.75, 3.05) is 20.1 Å². The summed E-state index contributed by atoms with van der Waals surface area (Å²) in [6.07, 6.45) is 6.48. The number of fused-ring (bicyclic) bond motifs is 2. The lowest BCUT2D eigenvalue weighted by Crippen LogP contribution is -2.27. The number of piperidine rings is 1. The van der Waals surface area contributed by atoms with Crippen LogP contribution in [-0.4, -0.2) is 30.0 Å². The number of pyridine rings is 1. The molecule has 1 aliphatic heterocycles. The Bertz CT molecular complexity index is 676. The molecule has 0 unspecified atom stereocenters. The SMILES string of the molecule is CN1CCC(=C2c3ccccc3CCc3cccnc32)CC1.Cl. The van der Waals surface area contributed by atoms with Crippen LogP contribution in [-0.2, 0) is 12.8 Å². The van der Waals surface area contributed by atoms with Crippen molar-refractivity contribution in [3.05, 3.63) is 70.6 Å². The molecule has 0 atom stereocenters. The second-order valence-electron chi connectivity index (χ2n) is 6.45. The molecule has 0 spiro atoms. The molecular weight excluding hydrogens is 304 g/mol. The fourth-order valence-electron chi connectivity index (χ4n) is 3.74. The molecule has 1 fully saturated rings. The maximum Gasteiger partial charge on any atom is 0.0739 e. The third kappa shape index (κ3) is 3.06. The molecular formula is C20H23ClN2. The van der Waals surface area contributed by atoms with Gasteiger partial charge in [-0.25, -0.2) is 0 Å². The quantitative estimate of drug-likeness (QED) is 0.723. The molecule has 1 aliphatic carbocycles. The van der Waals surface area contributed by atoms with Crippen molar-refractivity contribution < 1.29 is 0 Å². The average molecular weight is 327 g/mol. The van der Waals surface area contributed by atoms with E-state index in [0.29, 0.717) is 0 Å². The third-order valence-electron chi connectivity index (χ3n) is 5.02. The summed E-state index contributed by atoms with van der Waals surface area (Å²) in [4.78, 5) is 7.20. The standard InChI is InChI=1S/C20H22N2.ClH/c1-22-13-10-16(11-14-22)19-18-7-3-2-5-15(18)8-9-17-6-4-12-21-20(17)19;/h2-7,12H,8-11,13-14H2,1H3;1H. The molecule has 2 aliphatic rings. The zero-order valence-corrected chi connectivity index (χ0v) is 14.4. The monoisotopic (exact) mass is 326 g/mol. The first-order chi connectivity index (χ1) is 10.8. The van der Waals surface area contributed by atoms with Gasteiger partial charge in [0.1, 0.15) is 0 Å². The highest BCUT2D eigenvalue weighted by Crippen LogP contribution is 2.37. The Hall–Kier alpha value is -1.64. The molecule has 0 amide bonds. The van der Waals surface area contributed by atoms with Gasteiger partial charge in [0, 0.05) is 24.9 Å². The first-order valence-electron chi connectivity index (χ1n) is 8.26. The summed E-state index contributed by atoms with van der Waals surface area (Å²) in [5.74, 6) is 0. The van der Waals surface area contributed by atoms with E-state index in [4.69, 9.17) is 4.98 Å². The van der Waals surface area contributed by atoms with E-state index < -0.39 is 0 Å². The molecule has 3 heteroatoms. The highest BCUT2D eigenvalue weighted by atomic mass is 35.5. The summed E-state index contributed by atoms with van der Waals surface area (Å²) >= 11 is 0. The van der Waals surface area contributed by atoms with E-state index in [1.807, 2.05) is 6.20 Å². The average Bonchev–Trinajstić information content (AvgIpc) is 2.73. The lowest BCUT2D eigenvalue weighted by Gasteiger charge is -2.27. The molecule has 1 aromatic heterocycles. The second-order valence-corrected chi connectivity index (χ2v) is 6.45. The van der Waals surface area contributed by atoms with E-state index >= 15 is 0 Å². The molecule has 4 rings (SSSR count). The van der Waals surface area contributed by atoms with Crippen LogP contribution in [0.3, 0.4) is 0 Å². The number of aromatic nitrogens is 1. The minimum absolute atomic E-state index is 0. The molecule has 0 bridgehead atoms. The van der Waals surface area contributed by atoms with Crippen molar-refractivity contribution in [2.24, 2.45) is 0 Å². The molecule has 120 valence electrons. The highest BCUT2D eigenvalue weighted by molar-refractivity contribution is 5.85. The van der Waals surface area contributed by atoms with E-state index in [-0.39, 0.29) is 12.4 Å². The zero-order chi connectivity index (χ0) is 14.9. The number of rotatable bonds is 0. The summed E-state index contributed by atoms with van der Waals surface area (Å²) in [5, 5.41) is 0. The van der Waals surface area contributed by atoms with Gasteiger partial charge in [-0.3, -0.25) is 4.98 Å². The van der Waals surface area contributed by atoms with Gasteiger partial charge < -0.3 is 4.90 Å². The van der Waals surface area contributed by atoms with Crippen LogP contribution in [0.2, 0.25) is 0 Å². The van der Waals surface area contributed by atoms with Crippen LogP contribution < -0.4 is 0 Å². The lowest BCUT2D eigenvalue weighted by molar-refractivity contribution is 0.313. The van der Waals surface area contributed by atoms with Crippen LogP contribution >= 0.6 is 12.4 Å². The van der Waals surface area contributed by atoms with Gasteiger partial charge in [0.05, 0.1) is 5.69 Å². The Labute approximate surface area is 144 Å². The Morgan fingerprint density at radius 1 is 0.870 bits per heavy atom. The Kier molecular flexibility index (Phi) is 4.84. The van der Waals surface area contributed by atoms with Crippen molar-refractivity contribution in [3.63, 3.8) is 0 Å². The van der Waals surface area contributed by atoms with Crippen LogP contribution in [0.25, 0.3) is 5.57 Å². The number of hydrogen-bond acceptors (Lipinski definition) is 2. The third-order valence-corrected chi connectivity index (χ3v) is 5.02. The maximum atomic E-state index is 4.78. The van der Waals surface area contributed by atoms with Crippen LogP contribution in [0.5, 0.6) is 0 Å². The molecule has 0 saturated carbocycles. The predicted molar refractivity (Wildman–Crippen MR) is 98.1 cm³/mol. The highest BCUT2D eigenvalue weighted by Gasteiger charge is 2.23. The zero-order valence-electron chi connectivity index (χ0n) is 13.6. The van der Waals surface area contributed by atoms with Crippen molar-refractivity contribution in [2.45, 2.75) is 25.7 Å². The Morgan fingerprint density at radius 3 is 2.39 bits per heavy atom. The molecule has 2 aromatic rings. The Balaban J connectivity index is 0.00000156. The number of nitrogens with zero attached hydrogens (tertiary/aromatic N) is 2. The largest absolute Gasteiger partial charge is 0.306 e. The van der Waals surface area contributed by atoms with Crippen molar-refractivity contribution in [1.82, 2.24) is 9.88 Å². The minimum Gasteiger partial charge on any atom is -0.306 e. The van der Waals surface area contributed by atoms with Gasteiger partial charge in [-0.2, -0.15) is 0 Å². The summed E-state index contributed by atoms with van der Waals surface area (Å²) in [5.41, 5.74) is 8.54. The van der Waals surface area contributed by atoms with Crippen LogP contribution in [0.1, 0.15) is 35.2 Å². The summed E-state index contributed by atoms with van der Waals surface area (Å²) < 4.78 is 0. The molecule has 0 N–H and O–H groups in total. The van der Waals surface area contributed by atoms with E-state index in [1.54, 1.807) is 5.57 Å². The van der Waals surface area contributed by atoms with Crippen molar-refractivity contribution >= 4 is 18.0 Å². The summed E-state index contributed by atoms with van der Waals surface area (Å²) in [7, 11) is 2.22. The predicted octanol–water partition coefficient (Wildman–Crippen LogP) is 4.13. The molecule has 2 nitrogen and oxygen atoms in total. The van der Waals surface area contributed by atoms with Crippen LogP contribution in [0, 0.1) is 0 Å². The molecule has 0 radical (unpaired) electrons. The normalized spacial score (nSPS) is 17.8. The lowest BCUT2D eigenvalue weighted by atomic mass is 9.89. The van der Waals surface area contributed by atoms with Crippen LogP contribution in [0.15, 0.2) is 48.2 Å². The van der Waals surface area contributed by atoms with Gasteiger partial charge in [-0.15, -0.1) is 12.4 Å². The first-order valence-corrected chi connectivity index (χ1v) is 8.26. The van der Waals surface area contributed by atoms with E-state index in [1.165, 1.54) is 28.0 Å². The number of likely N-dealkylation sites (tertiary alicyclic amines) is 1. The van der Waals surface area contributed by atoms with Gasteiger partial charge >= 0.3 is 0 Å². The molecule has 2 heterocycles. The molecule has 23 heavy (non-hydrogen) atoms. The van der Waals surface area contributed by atoms with Gasteiger partial charge in [-0.05, 0) is 55.5 Å². The van der Waals surface area contributed by atoms with Gasteiger partial charge in [-0.1, -0.05) is 35.9 Å². The number of benzene rings is 1. The Morgan fingerprint density at radius 2 is 1.57 bits per heavy atom. The summed E-state index contributed by atoms with van der Waals surface area (Å²) in [6, 6.07) is 13.2.